The lowest BCUT2D eigenvalue weighted by Gasteiger charge is -2.24. The number of aliphatic hydroxyl groups excluding tert-OH is 2. The smallest absolute Gasteiger partial charge is 0.303 e. The fourth-order valence-corrected chi connectivity index (χ4v) is 5.19. The van der Waals surface area contributed by atoms with Crippen LogP contribution in [0.4, 0.5) is 0 Å². The number of carboxylic acid groups (broad SMARTS) is 1. The summed E-state index contributed by atoms with van der Waals surface area (Å²) in [6, 6.07) is 6.23. The van der Waals surface area contributed by atoms with Crippen molar-refractivity contribution in [3.63, 3.8) is 0 Å². The minimum atomic E-state index is -0.730. The zero-order valence-electron chi connectivity index (χ0n) is 15.1. The van der Waals surface area contributed by atoms with E-state index < -0.39 is 12.1 Å². The third kappa shape index (κ3) is 4.41. The minimum Gasteiger partial charge on any atom is -0.481 e. The highest BCUT2D eigenvalue weighted by atomic mass is 35.5. The molecule has 1 unspecified atom stereocenters. The van der Waals surface area contributed by atoms with Gasteiger partial charge in [-0.1, -0.05) is 37.5 Å². The van der Waals surface area contributed by atoms with Crippen LogP contribution >= 0.6 is 11.6 Å². The monoisotopic (exact) mass is 380 g/mol. The summed E-state index contributed by atoms with van der Waals surface area (Å²) in [4.78, 5) is 10.6. The van der Waals surface area contributed by atoms with Crippen molar-refractivity contribution >= 4 is 17.6 Å². The second kappa shape index (κ2) is 8.73. The summed E-state index contributed by atoms with van der Waals surface area (Å²) >= 11 is 6.56. The van der Waals surface area contributed by atoms with E-state index in [0.29, 0.717) is 6.42 Å². The van der Waals surface area contributed by atoms with Crippen molar-refractivity contribution in [3.05, 3.63) is 34.9 Å². The van der Waals surface area contributed by atoms with Crippen LogP contribution in [0.2, 0.25) is 0 Å². The maximum Gasteiger partial charge on any atom is 0.303 e. The molecule has 3 N–H and O–H groups in total. The first-order valence-electron chi connectivity index (χ1n) is 9.82. The lowest BCUT2D eigenvalue weighted by molar-refractivity contribution is -0.137. The summed E-state index contributed by atoms with van der Waals surface area (Å²) in [6.07, 6.45) is 6.40. The molecule has 1 fully saturated rings. The largest absolute Gasteiger partial charge is 0.481 e. The Hall–Kier alpha value is -1.10. The van der Waals surface area contributed by atoms with Crippen molar-refractivity contribution < 1.29 is 20.1 Å². The van der Waals surface area contributed by atoms with Gasteiger partial charge in [0.1, 0.15) is 0 Å². The Labute approximate surface area is 160 Å². The van der Waals surface area contributed by atoms with Crippen LogP contribution in [-0.4, -0.2) is 32.8 Å². The van der Waals surface area contributed by atoms with Gasteiger partial charge in [0.2, 0.25) is 0 Å². The number of carbonyl (C=O) groups is 1. The number of aliphatic carboxylic acids is 1. The van der Waals surface area contributed by atoms with Crippen LogP contribution in [0.25, 0.3) is 0 Å². The van der Waals surface area contributed by atoms with E-state index in [1.165, 1.54) is 5.56 Å². The van der Waals surface area contributed by atoms with Gasteiger partial charge in [0.05, 0.1) is 12.2 Å². The van der Waals surface area contributed by atoms with Gasteiger partial charge in [0, 0.05) is 17.7 Å². The van der Waals surface area contributed by atoms with Crippen molar-refractivity contribution in [3.8, 4) is 0 Å². The third-order valence-corrected chi connectivity index (χ3v) is 6.59. The molecule has 0 aliphatic heterocycles. The van der Waals surface area contributed by atoms with Gasteiger partial charge >= 0.3 is 5.97 Å². The molecule has 0 bridgehead atoms. The maximum atomic E-state index is 10.6. The summed E-state index contributed by atoms with van der Waals surface area (Å²) < 4.78 is 0. The molecule has 1 aromatic carbocycles. The molecule has 0 spiro atoms. The standard InChI is InChI=1S/C21H29ClO4/c22-17-12-19(24)21(16(17)5-3-1-2-4-6-20(25)26)14-7-9-15-13(11-14)8-10-18(15)23/h7,9,11,16-19,21,23-24H,1-6,8,10,12H2,(H,25,26)/t16-,17+,18?,19+,21+/m0/s1. The number of hydrogen-bond acceptors (Lipinski definition) is 3. The Morgan fingerprint density at radius 2 is 1.92 bits per heavy atom. The minimum absolute atomic E-state index is 0.0205. The molecule has 5 atom stereocenters. The van der Waals surface area contributed by atoms with Crippen LogP contribution in [0.15, 0.2) is 18.2 Å². The average Bonchev–Trinajstić information content (AvgIpc) is 3.10. The first-order valence-corrected chi connectivity index (χ1v) is 10.3. The predicted molar refractivity (Wildman–Crippen MR) is 102 cm³/mol. The average molecular weight is 381 g/mol. The molecule has 4 nitrogen and oxygen atoms in total. The molecule has 0 aromatic heterocycles. The lowest BCUT2D eigenvalue weighted by Crippen LogP contribution is -2.19. The molecule has 3 rings (SSSR count). The van der Waals surface area contributed by atoms with E-state index in [0.717, 1.165) is 56.1 Å². The Bertz CT molecular complexity index is 632. The molecule has 5 heteroatoms. The fourth-order valence-electron chi connectivity index (χ4n) is 4.72. The van der Waals surface area contributed by atoms with Crippen LogP contribution in [0, 0.1) is 5.92 Å². The second-order valence-electron chi connectivity index (χ2n) is 7.87. The van der Waals surface area contributed by atoms with E-state index in [1.807, 2.05) is 6.07 Å². The number of carboxylic acids is 1. The number of rotatable bonds is 8. The molecule has 0 amide bonds. The van der Waals surface area contributed by atoms with Gasteiger partial charge < -0.3 is 15.3 Å². The molecule has 0 heterocycles. The zero-order valence-corrected chi connectivity index (χ0v) is 15.9. The van der Waals surface area contributed by atoms with E-state index >= 15 is 0 Å². The number of fused-ring (bicyclic) bond motifs is 1. The molecule has 0 radical (unpaired) electrons. The van der Waals surface area contributed by atoms with Gasteiger partial charge in [0.15, 0.2) is 0 Å². The van der Waals surface area contributed by atoms with Gasteiger partial charge in [-0.15, -0.1) is 11.6 Å². The van der Waals surface area contributed by atoms with Crippen LogP contribution in [0.3, 0.4) is 0 Å². The van der Waals surface area contributed by atoms with E-state index in [2.05, 4.69) is 12.1 Å². The molecule has 2 aliphatic rings. The van der Waals surface area contributed by atoms with Crippen molar-refractivity contribution in [2.75, 3.05) is 0 Å². The fraction of sp³-hybridized carbons (Fsp3) is 0.667. The zero-order chi connectivity index (χ0) is 18.7. The van der Waals surface area contributed by atoms with Crippen molar-refractivity contribution in [1.29, 1.82) is 0 Å². The number of benzene rings is 1. The molecule has 2 aliphatic carbocycles. The van der Waals surface area contributed by atoms with E-state index in [1.54, 1.807) is 0 Å². The van der Waals surface area contributed by atoms with Gasteiger partial charge in [-0.25, -0.2) is 0 Å². The highest BCUT2D eigenvalue weighted by molar-refractivity contribution is 6.21. The Morgan fingerprint density at radius 1 is 1.15 bits per heavy atom. The molecular weight excluding hydrogens is 352 g/mol. The molecule has 0 saturated heterocycles. The molecule has 26 heavy (non-hydrogen) atoms. The topological polar surface area (TPSA) is 77.8 Å². The van der Waals surface area contributed by atoms with Crippen molar-refractivity contribution in [1.82, 2.24) is 0 Å². The molecule has 1 saturated carbocycles. The number of halogens is 1. The van der Waals surface area contributed by atoms with Crippen molar-refractivity contribution in [2.45, 2.75) is 81.3 Å². The first kappa shape index (κ1) is 19.7. The van der Waals surface area contributed by atoms with Crippen LogP contribution in [0.1, 0.15) is 80.1 Å². The van der Waals surface area contributed by atoms with Gasteiger partial charge in [-0.05, 0) is 54.7 Å². The number of alkyl halides is 1. The highest BCUT2D eigenvalue weighted by Crippen LogP contribution is 2.46. The van der Waals surface area contributed by atoms with Crippen LogP contribution in [0.5, 0.6) is 0 Å². The van der Waals surface area contributed by atoms with Gasteiger partial charge in [0.25, 0.3) is 0 Å². The SMILES string of the molecule is O=C(O)CCCCCC[C@@H]1[C@@H](c2ccc3c(c2)CCC3O)[C@H](O)C[C@H]1Cl. The van der Waals surface area contributed by atoms with E-state index in [9.17, 15) is 15.0 Å². The summed E-state index contributed by atoms with van der Waals surface area (Å²) in [6.45, 7) is 0. The normalized spacial score (nSPS) is 30.5. The van der Waals surface area contributed by atoms with Crippen LogP contribution in [-0.2, 0) is 11.2 Å². The number of aliphatic hydroxyl groups is 2. The van der Waals surface area contributed by atoms with Crippen LogP contribution < -0.4 is 0 Å². The summed E-state index contributed by atoms with van der Waals surface area (Å²) in [5, 5.41) is 29.3. The summed E-state index contributed by atoms with van der Waals surface area (Å²) in [7, 11) is 0. The van der Waals surface area contributed by atoms with E-state index in [-0.39, 0.29) is 29.7 Å². The number of aryl methyl sites for hydroxylation is 1. The maximum absolute atomic E-state index is 10.6. The molecule has 144 valence electrons. The van der Waals surface area contributed by atoms with Gasteiger partial charge in [-0.2, -0.15) is 0 Å². The second-order valence-corrected chi connectivity index (χ2v) is 8.43. The Balaban J connectivity index is 1.61. The highest BCUT2D eigenvalue weighted by Gasteiger charge is 2.42. The number of hydrogen-bond donors (Lipinski definition) is 3. The summed E-state index contributed by atoms with van der Waals surface area (Å²) in [5.41, 5.74) is 3.37. The third-order valence-electron chi connectivity index (χ3n) is 6.08. The van der Waals surface area contributed by atoms with Crippen molar-refractivity contribution in [2.24, 2.45) is 5.92 Å². The number of unbranched alkanes of at least 4 members (excludes halogenated alkanes) is 3. The van der Waals surface area contributed by atoms with Gasteiger partial charge in [-0.3, -0.25) is 4.79 Å². The Kier molecular flexibility index (Phi) is 6.60. The summed E-state index contributed by atoms with van der Waals surface area (Å²) in [5.74, 6) is -0.429. The predicted octanol–water partition coefficient (Wildman–Crippen LogP) is 4.16. The first-order chi connectivity index (χ1) is 12.5. The molecular formula is C21H29ClO4. The molecule has 1 aromatic rings. The lowest BCUT2D eigenvalue weighted by atomic mass is 9.83. The van der Waals surface area contributed by atoms with E-state index in [4.69, 9.17) is 16.7 Å². The Morgan fingerprint density at radius 3 is 2.69 bits per heavy atom. The quantitative estimate of drug-likeness (QED) is 0.467.